The molecule has 0 aliphatic carbocycles. The molecule has 0 radical (unpaired) electrons. The van der Waals surface area contributed by atoms with Crippen molar-refractivity contribution >= 4 is 7.69 Å². The molecule has 0 saturated heterocycles. The third-order valence-corrected chi connectivity index (χ3v) is 3.43. The van der Waals surface area contributed by atoms with Crippen LogP contribution in [0.2, 0.25) is 0 Å². The zero-order chi connectivity index (χ0) is 15.4. The molecule has 0 aromatic carbocycles. The molecular weight excluding hydrogens is 243 g/mol. The van der Waals surface area contributed by atoms with Gasteiger partial charge in [-0.1, -0.05) is 39.0 Å². The Morgan fingerprint density at radius 3 is 1.74 bits per heavy atom. The van der Waals surface area contributed by atoms with E-state index in [1.807, 2.05) is 13.8 Å². The van der Waals surface area contributed by atoms with Crippen LogP contribution in [-0.4, -0.2) is 40.6 Å². The zero-order valence-corrected chi connectivity index (χ0v) is 13.4. The summed E-state index contributed by atoms with van der Waals surface area (Å²) in [7, 11) is -0.750. The van der Waals surface area contributed by atoms with E-state index in [0.29, 0.717) is 0 Å². The summed E-state index contributed by atoms with van der Waals surface area (Å²) in [6, 6.07) is 0. The quantitative estimate of drug-likeness (QED) is 0.446. The monoisotopic (exact) mass is 276 g/mol. The molecule has 0 aliphatic rings. The Balaban J connectivity index is 0. The van der Waals surface area contributed by atoms with Gasteiger partial charge in [-0.3, -0.25) is 0 Å². The van der Waals surface area contributed by atoms with Crippen LogP contribution in [0.5, 0.6) is 0 Å². The fourth-order valence-electron chi connectivity index (χ4n) is 1.39. The van der Waals surface area contributed by atoms with Crippen LogP contribution in [0.3, 0.4) is 0 Å². The number of hydrogen-bond acceptors (Lipinski definition) is 4. The van der Waals surface area contributed by atoms with Crippen molar-refractivity contribution in [2.75, 3.05) is 6.61 Å². The maximum Gasteiger partial charge on any atom is 0.432 e. The Morgan fingerprint density at radius 2 is 1.32 bits per heavy atom. The first-order chi connectivity index (χ1) is 8.72. The lowest BCUT2D eigenvalue weighted by molar-refractivity contribution is -0.147. The summed E-state index contributed by atoms with van der Waals surface area (Å²) in [6.45, 7) is 10.5. The second-order valence-corrected chi connectivity index (χ2v) is 5.83. The normalized spacial score (nSPS) is 11.8. The number of aliphatic hydroxyl groups is 1. The molecule has 0 aromatic rings. The van der Waals surface area contributed by atoms with Gasteiger partial charge in [-0.05, 0) is 34.1 Å². The minimum Gasteiger partial charge on any atom is -0.430 e. The Kier molecular flexibility index (Phi) is 13.1. The lowest BCUT2D eigenvalue weighted by Gasteiger charge is -2.37. The fraction of sp³-hybridized carbons (Fsp3) is 1.00. The first-order valence-electron chi connectivity index (χ1n) is 7.31. The molecule has 4 nitrogen and oxygen atoms in total. The summed E-state index contributed by atoms with van der Waals surface area (Å²) in [4.78, 5) is 0. The average Bonchev–Trinajstić information content (AvgIpc) is 2.27. The third-order valence-electron chi connectivity index (χ3n) is 3.43. The van der Waals surface area contributed by atoms with Crippen molar-refractivity contribution in [3.05, 3.63) is 0 Å². The molecule has 0 fully saturated rings. The van der Waals surface area contributed by atoms with E-state index in [1.165, 1.54) is 32.1 Å². The van der Waals surface area contributed by atoms with E-state index < -0.39 is 18.9 Å². The molecule has 116 valence electrons. The summed E-state index contributed by atoms with van der Waals surface area (Å²) < 4.78 is 5.75. The molecule has 19 heavy (non-hydrogen) atoms. The van der Waals surface area contributed by atoms with E-state index in [2.05, 4.69) is 6.92 Å². The van der Waals surface area contributed by atoms with Gasteiger partial charge in [0.25, 0.3) is 0 Å². The standard InChI is InChI=1S/C14H30O2.BH3O2/c1-6-7-8-9-10-11-12-16-14(4,5)13(2,3)15;2-1-3/h15H,6-12H2,1-5H3;1-3H. The van der Waals surface area contributed by atoms with Crippen molar-refractivity contribution in [3.8, 4) is 0 Å². The van der Waals surface area contributed by atoms with E-state index in [-0.39, 0.29) is 0 Å². The van der Waals surface area contributed by atoms with E-state index in [9.17, 15) is 5.11 Å². The van der Waals surface area contributed by atoms with Crippen LogP contribution in [-0.2, 0) is 4.74 Å². The molecule has 0 aromatic heterocycles. The second-order valence-electron chi connectivity index (χ2n) is 5.83. The Morgan fingerprint density at radius 1 is 0.895 bits per heavy atom. The predicted molar refractivity (Wildman–Crippen MR) is 81.3 cm³/mol. The molecule has 0 saturated carbocycles. The topological polar surface area (TPSA) is 69.9 Å². The van der Waals surface area contributed by atoms with Crippen LogP contribution in [0.4, 0.5) is 0 Å². The molecule has 0 atom stereocenters. The van der Waals surface area contributed by atoms with Gasteiger partial charge in [0.15, 0.2) is 0 Å². The highest BCUT2D eigenvalue weighted by molar-refractivity contribution is 6.13. The summed E-state index contributed by atoms with van der Waals surface area (Å²) in [5.41, 5.74) is -1.24. The van der Waals surface area contributed by atoms with Gasteiger partial charge < -0.3 is 19.9 Å². The van der Waals surface area contributed by atoms with Crippen molar-refractivity contribution in [1.29, 1.82) is 0 Å². The van der Waals surface area contributed by atoms with Gasteiger partial charge >= 0.3 is 7.69 Å². The average molecular weight is 276 g/mol. The van der Waals surface area contributed by atoms with E-state index in [4.69, 9.17) is 14.8 Å². The highest BCUT2D eigenvalue weighted by Gasteiger charge is 2.35. The smallest absolute Gasteiger partial charge is 0.430 e. The fourth-order valence-corrected chi connectivity index (χ4v) is 1.39. The highest BCUT2D eigenvalue weighted by atomic mass is 16.5. The molecule has 3 N–H and O–H groups in total. The van der Waals surface area contributed by atoms with E-state index >= 15 is 0 Å². The molecule has 0 spiro atoms. The molecule has 0 rings (SSSR count). The summed E-state index contributed by atoms with van der Waals surface area (Å²) >= 11 is 0. The minimum atomic E-state index is -0.783. The number of rotatable bonds is 9. The number of ether oxygens (including phenoxy) is 1. The van der Waals surface area contributed by atoms with Crippen LogP contribution >= 0.6 is 0 Å². The predicted octanol–water partition coefficient (Wildman–Crippen LogP) is 2.15. The van der Waals surface area contributed by atoms with E-state index in [0.717, 1.165) is 13.0 Å². The summed E-state index contributed by atoms with van der Waals surface area (Å²) in [6.07, 6.45) is 7.62. The highest BCUT2D eigenvalue weighted by Crippen LogP contribution is 2.25. The van der Waals surface area contributed by atoms with Gasteiger partial charge in [0, 0.05) is 6.61 Å². The Labute approximate surface area is 119 Å². The van der Waals surface area contributed by atoms with Crippen LogP contribution in [0.1, 0.15) is 73.1 Å². The molecule has 0 bridgehead atoms. The van der Waals surface area contributed by atoms with Crippen molar-refractivity contribution < 1.29 is 19.9 Å². The minimum absolute atomic E-state index is 0.462. The molecule has 0 unspecified atom stereocenters. The van der Waals surface area contributed by atoms with Crippen LogP contribution in [0, 0.1) is 0 Å². The maximum absolute atomic E-state index is 9.89. The van der Waals surface area contributed by atoms with E-state index in [1.54, 1.807) is 13.8 Å². The lowest BCUT2D eigenvalue weighted by atomic mass is 9.89. The van der Waals surface area contributed by atoms with Gasteiger partial charge in [0.1, 0.15) is 0 Å². The third kappa shape index (κ3) is 12.7. The number of hydrogen-bond donors (Lipinski definition) is 3. The van der Waals surface area contributed by atoms with Crippen LogP contribution in [0.25, 0.3) is 0 Å². The Hall–Kier alpha value is -0.0951. The van der Waals surface area contributed by atoms with Gasteiger partial charge in [0.2, 0.25) is 0 Å². The Bertz CT molecular complexity index is 190. The SMILES string of the molecule is CCCCCCCCOC(C)(C)C(C)(C)O.OBO. The molecule has 0 amide bonds. The second kappa shape index (κ2) is 11.7. The van der Waals surface area contributed by atoms with Crippen molar-refractivity contribution in [2.24, 2.45) is 0 Å². The van der Waals surface area contributed by atoms with Gasteiger partial charge in [-0.25, -0.2) is 0 Å². The van der Waals surface area contributed by atoms with Crippen molar-refractivity contribution in [3.63, 3.8) is 0 Å². The number of unbranched alkanes of at least 4 members (excludes halogenated alkanes) is 5. The first kappa shape index (κ1) is 21.2. The first-order valence-corrected chi connectivity index (χ1v) is 7.31. The molecule has 0 heterocycles. The largest absolute Gasteiger partial charge is 0.432 e. The summed E-state index contributed by atoms with van der Waals surface area (Å²) in [5, 5.41) is 24.1. The molecule has 5 heteroatoms. The van der Waals surface area contributed by atoms with Crippen molar-refractivity contribution in [2.45, 2.75) is 84.3 Å². The zero-order valence-electron chi connectivity index (χ0n) is 13.4. The van der Waals surface area contributed by atoms with Gasteiger partial charge in [-0.2, -0.15) is 0 Å². The summed E-state index contributed by atoms with van der Waals surface area (Å²) in [5.74, 6) is 0. The van der Waals surface area contributed by atoms with Crippen LogP contribution in [0.15, 0.2) is 0 Å². The maximum atomic E-state index is 9.89. The molecule has 0 aliphatic heterocycles. The lowest BCUT2D eigenvalue weighted by Crippen LogP contribution is -2.47. The van der Waals surface area contributed by atoms with Gasteiger partial charge in [0.05, 0.1) is 11.2 Å². The molecular formula is C14H33BO4. The van der Waals surface area contributed by atoms with Gasteiger partial charge in [-0.15, -0.1) is 0 Å². The van der Waals surface area contributed by atoms with Crippen molar-refractivity contribution in [1.82, 2.24) is 0 Å². The van der Waals surface area contributed by atoms with Crippen LogP contribution < -0.4 is 0 Å².